The van der Waals surface area contributed by atoms with E-state index >= 15 is 0 Å². The highest BCUT2D eigenvalue weighted by atomic mass is 15.4. The number of benzene rings is 1. The van der Waals surface area contributed by atoms with E-state index in [1.54, 1.807) is 10.7 Å². The van der Waals surface area contributed by atoms with E-state index in [0.717, 1.165) is 22.5 Å². The predicted octanol–water partition coefficient (Wildman–Crippen LogP) is 3.91. The Balaban J connectivity index is 1.65. The molecule has 4 rings (SSSR count). The minimum absolute atomic E-state index is 0.0284. The van der Waals surface area contributed by atoms with Crippen molar-refractivity contribution in [2.45, 2.75) is 39.7 Å². The Bertz CT molecular complexity index is 1320. The summed E-state index contributed by atoms with van der Waals surface area (Å²) in [6.07, 6.45) is 1.82. The number of hydrogen-bond acceptors (Lipinski definition) is 7. The Morgan fingerprint density at radius 3 is 2.50 bits per heavy atom. The average molecular weight is 425 g/mol. The van der Waals surface area contributed by atoms with Crippen LogP contribution in [0.25, 0.3) is 22.6 Å². The minimum Gasteiger partial charge on any atom is -0.368 e. The predicted molar refractivity (Wildman–Crippen MR) is 122 cm³/mol. The van der Waals surface area contributed by atoms with Gasteiger partial charge in [0.15, 0.2) is 0 Å². The second-order valence-electron chi connectivity index (χ2n) is 8.65. The lowest BCUT2D eigenvalue weighted by Crippen LogP contribution is -2.15. The summed E-state index contributed by atoms with van der Waals surface area (Å²) < 4.78 is 1.73. The molecule has 0 aliphatic rings. The van der Waals surface area contributed by atoms with Crippen LogP contribution in [0.4, 0.5) is 5.95 Å². The fraction of sp³-hybridized carbons (Fsp3) is 0.250. The standard InChI is InChI=1S/C24H24N8/c1-15-16(12-25)7-5-9-18(15)19-11-20(29-23(26)28-19)21-14-32(31-30-21)13-17-8-6-10-22(27-17)24(2,3)4/h5-11,14H,13H2,1-4H3,(H2,26,28,29). The summed E-state index contributed by atoms with van der Waals surface area (Å²) >= 11 is 0. The van der Waals surface area contributed by atoms with E-state index in [4.69, 9.17) is 10.7 Å². The summed E-state index contributed by atoms with van der Waals surface area (Å²) in [7, 11) is 0. The maximum Gasteiger partial charge on any atom is 0.221 e. The number of aromatic nitrogens is 6. The van der Waals surface area contributed by atoms with E-state index in [9.17, 15) is 5.26 Å². The van der Waals surface area contributed by atoms with Crippen LogP contribution in [0.15, 0.2) is 48.7 Å². The Hall–Kier alpha value is -4.12. The van der Waals surface area contributed by atoms with Crippen LogP contribution in [0.3, 0.4) is 0 Å². The first kappa shape index (κ1) is 21.1. The summed E-state index contributed by atoms with van der Waals surface area (Å²) in [5.41, 5.74) is 11.9. The molecule has 0 saturated heterocycles. The summed E-state index contributed by atoms with van der Waals surface area (Å²) in [6.45, 7) is 8.79. The third kappa shape index (κ3) is 4.32. The van der Waals surface area contributed by atoms with Crippen molar-refractivity contribution in [1.82, 2.24) is 29.9 Å². The molecular formula is C24H24N8. The van der Waals surface area contributed by atoms with Gasteiger partial charge >= 0.3 is 0 Å². The van der Waals surface area contributed by atoms with E-state index in [1.165, 1.54) is 0 Å². The van der Waals surface area contributed by atoms with Crippen LogP contribution in [0.2, 0.25) is 0 Å². The average Bonchev–Trinajstić information content (AvgIpc) is 3.21. The van der Waals surface area contributed by atoms with Gasteiger partial charge in [0.1, 0.15) is 5.69 Å². The van der Waals surface area contributed by atoms with Gasteiger partial charge in [-0.2, -0.15) is 5.26 Å². The first-order chi connectivity index (χ1) is 15.2. The third-order valence-corrected chi connectivity index (χ3v) is 5.17. The summed E-state index contributed by atoms with van der Waals surface area (Å²) in [4.78, 5) is 13.5. The zero-order chi connectivity index (χ0) is 22.9. The summed E-state index contributed by atoms with van der Waals surface area (Å²) in [5.74, 6) is 0.133. The van der Waals surface area contributed by atoms with Crippen molar-refractivity contribution < 1.29 is 0 Å². The van der Waals surface area contributed by atoms with Gasteiger partial charge in [0.25, 0.3) is 0 Å². The van der Waals surface area contributed by atoms with Crippen LogP contribution in [0, 0.1) is 18.3 Å². The highest BCUT2D eigenvalue weighted by molar-refractivity contribution is 5.71. The first-order valence-electron chi connectivity index (χ1n) is 10.3. The van der Waals surface area contributed by atoms with Crippen molar-refractivity contribution >= 4 is 5.95 Å². The molecule has 0 aliphatic carbocycles. The number of nitrogens with two attached hydrogens (primary N) is 1. The van der Waals surface area contributed by atoms with Gasteiger partial charge in [0.2, 0.25) is 5.95 Å². The molecule has 0 spiro atoms. The Kier molecular flexibility index (Phi) is 5.41. The second kappa shape index (κ2) is 8.19. The maximum atomic E-state index is 9.33. The normalized spacial score (nSPS) is 11.3. The fourth-order valence-corrected chi connectivity index (χ4v) is 3.41. The van der Waals surface area contributed by atoms with Gasteiger partial charge in [-0.15, -0.1) is 5.10 Å². The number of nitrogen functional groups attached to an aromatic ring is 1. The molecule has 0 bridgehead atoms. The molecule has 32 heavy (non-hydrogen) atoms. The lowest BCUT2D eigenvalue weighted by atomic mass is 9.91. The number of nitrogens with zero attached hydrogens (tertiary/aromatic N) is 7. The van der Waals surface area contributed by atoms with Crippen LogP contribution in [0.5, 0.6) is 0 Å². The van der Waals surface area contributed by atoms with E-state index in [-0.39, 0.29) is 11.4 Å². The van der Waals surface area contributed by atoms with Crippen molar-refractivity contribution in [2.75, 3.05) is 5.73 Å². The molecule has 1 aromatic carbocycles. The number of hydrogen-bond donors (Lipinski definition) is 1. The molecule has 160 valence electrons. The molecule has 8 heteroatoms. The minimum atomic E-state index is -0.0284. The highest BCUT2D eigenvalue weighted by Crippen LogP contribution is 2.27. The topological polar surface area (TPSA) is 119 Å². The highest BCUT2D eigenvalue weighted by Gasteiger charge is 2.16. The molecule has 2 N–H and O–H groups in total. The first-order valence-corrected chi connectivity index (χ1v) is 10.3. The van der Waals surface area contributed by atoms with E-state index < -0.39 is 0 Å². The summed E-state index contributed by atoms with van der Waals surface area (Å²) in [6, 6.07) is 15.5. The van der Waals surface area contributed by atoms with Crippen LogP contribution >= 0.6 is 0 Å². The van der Waals surface area contributed by atoms with Crippen molar-refractivity contribution in [3.63, 3.8) is 0 Å². The molecule has 3 heterocycles. The zero-order valence-electron chi connectivity index (χ0n) is 18.5. The lowest BCUT2D eigenvalue weighted by molar-refractivity contribution is 0.559. The van der Waals surface area contributed by atoms with Gasteiger partial charge < -0.3 is 5.73 Å². The molecule has 3 aromatic heterocycles. The van der Waals surface area contributed by atoms with Crippen LogP contribution < -0.4 is 5.73 Å². The van der Waals surface area contributed by atoms with Gasteiger partial charge in [-0.1, -0.05) is 44.2 Å². The Morgan fingerprint density at radius 2 is 1.75 bits per heavy atom. The molecular weight excluding hydrogens is 400 g/mol. The number of anilines is 1. The SMILES string of the molecule is Cc1c(C#N)cccc1-c1cc(-c2cn(Cc3cccc(C(C)(C)C)n3)nn2)nc(N)n1. The quantitative estimate of drug-likeness (QED) is 0.527. The molecule has 0 atom stereocenters. The van der Waals surface area contributed by atoms with Crippen molar-refractivity contribution in [3.05, 3.63) is 71.2 Å². The van der Waals surface area contributed by atoms with Crippen molar-refractivity contribution in [3.8, 4) is 28.7 Å². The third-order valence-electron chi connectivity index (χ3n) is 5.17. The smallest absolute Gasteiger partial charge is 0.221 e. The fourth-order valence-electron chi connectivity index (χ4n) is 3.41. The van der Waals surface area contributed by atoms with Crippen molar-refractivity contribution in [1.29, 1.82) is 5.26 Å². The molecule has 4 aromatic rings. The van der Waals surface area contributed by atoms with Crippen LogP contribution in [0.1, 0.15) is 43.3 Å². The molecule has 0 saturated carbocycles. The van der Waals surface area contributed by atoms with Gasteiger partial charge in [-0.05, 0) is 36.8 Å². The van der Waals surface area contributed by atoms with Gasteiger partial charge in [-0.3, -0.25) is 4.98 Å². The Labute approximate surface area is 186 Å². The monoisotopic (exact) mass is 424 g/mol. The zero-order valence-corrected chi connectivity index (χ0v) is 18.5. The van der Waals surface area contributed by atoms with E-state index in [0.29, 0.717) is 29.2 Å². The number of nitriles is 1. The van der Waals surface area contributed by atoms with Gasteiger partial charge in [0, 0.05) is 16.7 Å². The van der Waals surface area contributed by atoms with E-state index in [2.05, 4.69) is 47.1 Å². The van der Waals surface area contributed by atoms with Crippen LogP contribution in [-0.2, 0) is 12.0 Å². The largest absolute Gasteiger partial charge is 0.368 e. The van der Waals surface area contributed by atoms with Crippen molar-refractivity contribution in [2.24, 2.45) is 0 Å². The summed E-state index contributed by atoms with van der Waals surface area (Å²) in [5, 5.41) is 17.8. The maximum absolute atomic E-state index is 9.33. The molecule has 0 amide bonds. The second-order valence-corrected chi connectivity index (χ2v) is 8.65. The van der Waals surface area contributed by atoms with Gasteiger partial charge in [0.05, 0.1) is 41.5 Å². The lowest BCUT2D eigenvalue weighted by Gasteiger charge is -2.18. The number of pyridine rings is 1. The molecule has 0 aliphatic heterocycles. The molecule has 8 nitrogen and oxygen atoms in total. The molecule has 0 radical (unpaired) electrons. The molecule has 0 fully saturated rings. The number of rotatable bonds is 4. The molecule has 0 unspecified atom stereocenters. The Morgan fingerprint density at radius 1 is 1.00 bits per heavy atom. The van der Waals surface area contributed by atoms with E-state index in [1.807, 2.05) is 49.5 Å². The van der Waals surface area contributed by atoms with Gasteiger partial charge in [-0.25, -0.2) is 14.6 Å². The van der Waals surface area contributed by atoms with Crippen LogP contribution in [-0.4, -0.2) is 29.9 Å².